The number of fused-ring (bicyclic) bond motifs is 1. The minimum atomic E-state index is -3.92. The lowest BCUT2D eigenvalue weighted by Gasteiger charge is -2.28. The number of carbonyl (C=O) groups is 3. The predicted molar refractivity (Wildman–Crippen MR) is 182 cm³/mol. The Labute approximate surface area is 275 Å². The van der Waals surface area contributed by atoms with Crippen LogP contribution in [0.3, 0.4) is 0 Å². The molecule has 248 valence electrons. The van der Waals surface area contributed by atoms with Gasteiger partial charge in [0.25, 0.3) is 5.91 Å². The molecule has 0 radical (unpaired) electrons. The van der Waals surface area contributed by atoms with Crippen molar-refractivity contribution in [3.05, 3.63) is 108 Å². The van der Waals surface area contributed by atoms with Gasteiger partial charge in [-0.1, -0.05) is 66.7 Å². The molecular formula is C35H41N5O6S. The van der Waals surface area contributed by atoms with Crippen LogP contribution in [-0.2, 0) is 32.5 Å². The Hall–Kier alpha value is -4.65. The first kappa shape index (κ1) is 35.2. The maximum Gasteiger partial charge on any atom is 0.251 e. The third-order valence-corrected chi connectivity index (χ3v) is 7.91. The maximum atomic E-state index is 13.7. The fraction of sp³-hybridized carbons (Fsp3) is 0.314. The van der Waals surface area contributed by atoms with E-state index in [-0.39, 0.29) is 24.6 Å². The fourth-order valence-electron chi connectivity index (χ4n) is 5.09. The van der Waals surface area contributed by atoms with E-state index >= 15 is 0 Å². The van der Waals surface area contributed by atoms with Gasteiger partial charge in [0.15, 0.2) is 0 Å². The number of sulfonamides is 1. The van der Waals surface area contributed by atoms with Crippen molar-refractivity contribution in [3.63, 3.8) is 0 Å². The molecule has 1 heterocycles. The van der Waals surface area contributed by atoms with Crippen LogP contribution in [0.25, 0.3) is 10.9 Å². The molecule has 3 atom stereocenters. The Bertz CT molecular complexity index is 1830. The summed E-state index contributed by atoms with van der Waals surface area (Å²) < 4.78 is 26.8. The molecule has 0 saturated carbocycles. The number of hydrogen-bond donors (Lipinski definition) is 5. The molecule has 3 amide bonds. The normalized spacial score (nSPS) is 13.7. The summed E-state index contributed by atoms with van der Waals surface area (Å²) in [5.74, 6) is -1.48. The molecule has 4 rings (SSSR count). The van der Waals surface area contributed by atoms with E-state index in [1.807, 2.05) is 69.3 Å². The first-order valence-electron chi connectivity index (χ1n) is 15.2. The topological polar surface area (TPSA) is 167 Å². The van der Waals surface area contributed by atoms with Crippen molar-refractivity contribution in [1.29, 1.82) is 0 Å². The highest BCUT2D eigenvalue weighted by Crippen LogP contribution is 2.18. The minimum Gasteiger partial charge on any atom is -0.391 e. The van der Waals surface area contributed by atoms with Gasteiger partial charge in [0.1, 0.15) is 11.9 Å². The summed E-state index contributed by atoms with van der Waals surface area (Å²) in [6, 6.07) is 24.4. The van der Waals surface area contributed by atoms with Gasteiger partial charge in [-0.25, -0.2) is 18.1 Å². The Morgan fingerprint density at radius 1 is 0.851 bits per heavy atom. The lowest BCUT2D eigenvalue weighted by Crippen LogP contribution is -2.54. The largest absolute Gasteiger partial charge is 0.391 e. The maximum absolute atomic E-state index is 13.7. The molecule has 0 aliphatic carbocycles. The predicted octanol–water partition coefficient (Wildman–Crippen LogP) is 3.34. The third kappa shape index (κ3) is 11.0. The molecule has 0 spiro atoms. The number of aliphatic hydroxyl groups excluding tert-OH is 1. The Morgan fingerprint density at radius 2 is 1.51 bits per heavy atom. The van der Waals surface area contributed by atoms with Gasteiger partial charge < -0.3 is 21.1 Å². The van der Waals surface area contributed by atoms with Crippen LogP contribution in [-0.4, -0.2) is 66.2 Å². The molecule has 11 nitrogen and oxygen atoms in total. The number of aromatic nitrogens is 1. The second-order valence-corrected chi connectivity index (χ2v) is 14.3. The number of nitrogens with one attached hydrogen (secondary N) is 4. The van der Waals surface area contributed by atoms with Gasteiger partial charge in [0.2, 0.25) is 21.8 Å². The standard InChI is InChI=1S/C35H41N5O6S/c1-35(2,3)39-33(43)26-16-10-8-15-25(26)21-30(41)28(20-23-12-6-5-7-13-23)37-34(44)29(40-47(4,45)46)22-32(42)38-31-19-18-24-14-9-11-17-27(24)36-31/h5-19,28-30,40-41H,20-22H2,1-4H3,(H,37,44)(H,39,43)(H,36,38,42)/t28-,29+,30+/m0/s1. The molecule has 0 aliphatic heterocycles. The van der Waals surface area contributed by atoms with Gasteiger partial charge in [0.05, 0.1) is 30.3 Å². The smallest absolute Gasteiger partial charge is 0.251 e. The van der Waals surface area contributed by atoms with Crippen LogP contribution >= 0.6 is 0 Å². The zero-order valence-electron chi connectivity index (χ0n) is 26.9. The average molecular weight is 660 g/mol. The summed E-state index contributed by atoms with van der Waals surface area (Å²) in [6.45, 7) is 5.61. The molecule has 5 N–H and O–H groups in total. The first-order valence-corrected chi connectivity index (χ1v) is 17.1. The summed E-state index contributed by atoms with van der Waals surface area (Å²) in [5, 5.41) is 20.7. The molecule has 0 unspecified atom stereocenters. The van der Waals surface area contributed by atoms with E-state index in [2.05, 4.69) is 25.7 Å². The van der Waals surface area contributed by atoms with Crippen LogP contribution in [0.15, 0.2) is 91.0 Å². The van der Waals surface area contributed by atoms with Crippen molar-refractivity contribution in [2.24, 2.45) is 0 Å². The monoisotopic (exact) mass is 659 g/mol. The van der Waals surface area contributed by atoms with Gasteiger partial charge in [-0.15, -0.1) is 0 Å². The van der Waals surface area contributed by atoms with E-state index in [9.17, 15) is 27.9 Å². The Balaban J connectivity index is 1.55. The molecule has 3 aromatic carbocycles. The lowest BCUT2D eigenvalue weighted by molar-refractivity contribution is -0.127. The van der Waals surface area contributed by atoms with E-state index in [1.54, 1.807) is 42.5 Å². The number of amides is 3. The van der Waals surface area contributed by atoms with Gasteiger partial charge in [0, 0.05) is 22.9 Å². The van der Waals surface area contributed by atoms with Crippen LogP contribution in [0.2, 0.25) is 0 Å². The van der Waals surface area contributed by atoms with Crippen molar-refractivity contribution in [3.8, 4) is 0 Å². The highest BCUT2D eigenvalue weighted by molar-refractivity contribution is 7.88. The number of aliphatic hydroxyl groups is 1. The number of pyridine rings is 1. The number of para-hydroxylation sites is 1. The van der Waals surface area contributed by atoms with Crippen molar-refractivity contribution < 1.29 is 27.9 Å². The van der Waals surface area contributed by atoms with Gasteiger partial charge >= 0.3 is 0 Å². The van der Waals surface area contributed by atoms with E-state index in [4.69, 9.17) is 0 Å². The Morgan fingerprint density at radius 3 is 2.21 bits per heavy atom. The highest BCUT2D eigenvalue weighted by atomic mass is 32.2. The molecule has 47 heavy (non-hydrogen) atoms. The van der Waals surface area contributed by atoms with Crippen molar-refractivity contribution in [2.45, 2.75) is 63.8 Å². The average Bonchev–Trinajstić information content (AvgIpc) is 2.99. The highest BCUT2D eigenvalue weighted by Gasteiger charge is 2.30. The van der Waals surface area contributed by atoms with Gasteiger partial charge in [-0.3, -0.25) is 14.4 Å². The van der Waals surface area contributed by atoms with E-state index in [1.165, 1.54) is 0 Å². The SMILES string of the molecule is CC(C)(C)NC(=O)c1ccccc1C[C@@H](O)[C@H](Cc1ccccc1)NC(=O)[C@@H](CC(=O)Nc1ccc2ccccc2n1)NS(C)(=O)=O. The summed E-state index contributed by atoms with van der Waals surface area (Å²) in [6.07, 6.45) is -0.604. The zero-order chi connectivity index (χ0) is 34.2. The quantitative estimate of drug-likeness (QED) is 0.147. The fourth-order valence-corrected chi connectivity index (χ4v) is 5.80. The van der Waals surface area contributed by atoms with E-state index in [0.29, 0.717) is 16.6 Å². The third-order valence-electron chi connectivity index (χ3n) is 7.20. The molecular weight excluding hydrogens is 618 g/mol. The molecule has 4 aromatic rings. The van der Waals surface area contributed by atoms with Crippen LogP contribution in [0.5, 0.6) is 0 Å². The molecule has 12 heteroatoms. The van der Waals surface area contributed by atoms with Crippen LogP contribution in [0.4, 0.5) is 5.82 Å². The number of anilines is 1. The molecule has 0 bridgehead atoms. The molecule has 1 aromatic heterocycles. The zero-order valence-corrected chi connectivity index (χ0v) is 27.7. The minimum absolute atomic E-state index is 0.0177. The second-order valence-electron chi connectivity index (χ2n) is 12.5. The van der Waals surface area contributed by atoms with Crippen LogP contribution < -0.4 is 20.7 Å². The second kappa shape index (κ2) is 15.3. The molecule has 0 aliphatic rings. The van der Waals surface area contributed by atoms with Crippen molar-refractivity contribution in [1.82, 2.24) is 20.3 Å². The molecule has 0 saturated heterocycles. The van der Waals surface area contributed by atoms with Crippen molar-refractivity contribution in [2.75, 3.05) is 11.6 Å². The lowest BCUT2D eigenvalue weighted by atomic mass is 9.93. The van der Waals surface area contributed by atoms with Crippen LogP contribution in [0, 0.1) is 0 Å². The summed E-state index contributed by atoms with van der Waals surface area (Å²) in [5.41, 5.74) is 1.95. The van der Waals surface area contributed by atoms with Gasteiger partial charge in [-0.05, 0) is 62.6 Å². The summed E-state index contributed by atoms with van der Waals surface area (Å²) in [7, 11) is -3.92. The summed E-state index contributed by atoms with van der Waals surface area (Å²) >= 11 is 0. The number of hydrogen-bond acceptors (Lipinski definition) is 7. The molecule has 0 fully saturated rings. The summed E-state index contributed by atoms with van der Waals surface area (Å²) in [4.78, 5) is 44.2. The van der Waals surface area contributed by atoms with Crippen LogP contribution in [0.1, 0.15) is 48.7 Å². The van der Waals surface area contributed by atoms with E-state index < -0.39 is 52.0 Å². The first-order chi connectivity index (χ1) is 22.2. The number of benzene rings is 3. The Kier molecular flexibility index (Phi) is 11.5. The number of carbonyl (C=O) groups excluding carboxylic acids is 3. The van der Waals surface area contributed by atoms with Crippen molar-refractivity contribution >= 4 is 44.5 Å². The van der Waals surface area contributed by atoms with E-state index in [0.717, 1.165) is 17.2 Å². The number of nitrogens with zero attached hydrogens (tertiary/aromatic N) is 1. The number of rotatable bonds is 13. The van der Waals surface area contributed by atoms with Gasteiger partial charge in [-0.2, -0.15) is 0 Å².